The molecule has 1 aromatic rings. The highest BCUT2D eigenvalue weighted by atomic mass is 16.5. The van der Waals surface area contributed by atoms with Gasteiger partial charge < -0.3 is 25.6 Å². The van der Waals surface area contributed by atoms with Crippen LogP contribution in [0.2, 0.25) is 0 Å². The van der Waals surface area contributed by atoms with Crippen LogP contribution in [0.15, 0.2) is 6.07 Å². The first kappa shape index (κ1) is 32.2. The number of carbonyl (C=O) groups is 5. The number of Topliss-reactive ketones (excluding diaryl/α,β-unsaturated/α-hetero) is 1. The van der Waals surface area contributed by atoms with Crippen molar-refractivity contribution in [2.24, 2.45) is 11.8 Å². The van der Waals surface area contributed by atoms with Crippen LogP contribution in [0.1, 0.15) is 79.7 Å². The Labute approximate surface area is 242 Å². The third-order valence-electron chi connectivity index (χ3n) is 7.87. The number of nitrogens with zero attached hydrogens (tertiary/aromatic N) is 2. The topological polar surface area (TPSA) is 147 Å². The molecule has 3 amide bonds. The van der Waals surface area contributed by atoms with E-state index >= 15 is 0 Å². The van der Waals surface area contributed by atoms with Gasteiger partial charge in [0, 0.05) is 25.2 Å². The first-order valence-corrected chi connectivity index (χ1v) is 14.6. The minimum Gasteiger partial charge on any atom is -0.454 e. The number of pyridine rings is 1. The van der Waals surface area contributed by atoms with Crippen molar-refractivity contribution in [3.8, 4) is 0 Å². The summed E-state index contributed by atoms with van der Waals surface area (Å²) in [7, 11) is 1.61. The van der Waals surface area contributed by atoms with Crippen molar-refractivity contribution in [3.63, 3.8) is 0 Å². The average Bonchev–Trinajstić information content (AvgIpc) is 3.44. The maximum absolute atomic E-state index is 13.7. The molecular weight excluding hydrogens is 526 g/mol. The van der Waals surface area contributed by atoms with Crippen molar-refractivity contribution in [1.82, 2.24) is 25.8 Å². The molecule has 2 aliphatic heterocycles. The zero-order valence-corrected chi connectivity index (χ0v) is 25.2. The minimum atomic E-state index is -1.06. The number of hydrogen-bond acceptors (Lipinski definition) is 8. The van der Waals surface area contributed by atoms with Crippen LogP contribution >= 0.6 is 0 Å². The molecule has 0 spiro atoms. The monoisotopic (exact) mass is 571 g/mol. The number of ether oxygens (including phenoxy) is 1. The predicted molar refractivity (Wildman–Crippen MR) is 153 cm³/mol. The number of nitrogens with one attached hydrogen (secondary N) is 3. The van der Waals surface area contributed by atoms with E-state index in [4.69, 9.17) is 4.74 Å². The average molecular weight is 572 g/mol. The van der Waals surface area contributed by atoms with Gasteiger partial charge in [-0.3, -0.25) is 24.2 Å². The van der Waals surface area contributed by atoms with Crippen molar-refractivity contribution in [1.29, 1.82) is 0 Å². The van der Waals surface area contributed by atoms with Crippen molar-refractivity contribution < 1.29 is 28.7 Å². The maximum atomic E-state index is 13.7. The highest BCUT2D eigenvalue weighted by Crippen LogP contribution is 2.21. The maximum Gasteiger partial charge on any atom is 0.340 e. The number of piperidine rings is 1. The number of ketones is 1. The molecule has 41 heavy (non-hydrogen) atoms. The normalized spacial score (nSPS) is 20.2. The van der Waals surface area contributed by atoms with Crippen molar-refractivity contribution in [3.05, 3.63) is 28.6 Å². The van der Waals surface area contributed by atoms with Crippen LogP contribution in [-0.2, 0) is 23.9 Å². The molecule has 3 N–H and O–H groups in total. The third kappa shape index (κ3) is 8.58. The van der Waals surface area contributed by atoms with Gasteiger partial charge in [0.25, 0.3) is 0 Å². The molecule has 2 saturated heterocycles. The lowest BCUT2D eigenvalue weighted by atomic mass is 9.89. The van der Waals surface area contributed by atoms with Crippen LogP contribution in [0.25, 0.3) is 0 Å². The second-order valence-corrected chi connectivity index (χ2v) is 11.8. The van der Waals surface area contributed by atoms with Crippen LogP contribution in [0.5, 0.6) is 0 Å². The Morgan fingerprint density at radius 3 is 2.44 bits per heavy atom. The highest BCUT2D eigenvalue weighted by Gasteiger charge is 2.36. The minimum absolute atomic E-state index is 0.0777. The summed E-state index contributed by atoms with van der Waals surface area (Å²) in [6.07, 6.45) is 3.42. The molecule has 3 rings (SSSR count). The van der Waals surface area contributed by atoms with Crippen molar-refractivity contribution in [2.45, 2.75) is 91.3 Å². The molecule has 2 fully saturated rings. The van der Waals surface area contributed by atoms with Gasteiger partial charge in [-0.1, -0.05) is 13.8 Å². The summed E-state index contributed by atoms with van der Waals surface area (Å²) in [5.74, 6) is -2.36. The molecule has 0 aliphatic carbocycles. The van der Waals surface area contributed by atoms with Gasteiger partial charge in [-0.05, 0) is 83.4 Å². The number of esters is 1. The largest absolute Gasteiger partial charge is 0.454 e. The van der Waals surface area contributed by atoms with Gasteiger partial charge in [0.15, 0.2) is 12.4 Å². The van der Waals surface area contributed by atoms with E-state index < -0.39 is 42.3 Å². The SMILES string of the molecule is Cc1cc(C)c(C(=O)OCC(=O)[C@H](C[C@@H]2CCCNC2=O)NC(=O)C(CC(C)C)N(C)C(=O)[C@H]2CCCN2)c(C)n1. The number of aromatic nitrogens is 1. The van der Waals surface area contributed by atoms with E-state index in [-0.39, 0.29) is 30.2 Å². The molecule has 3 heterocycles. The fraction of sp³-hybridized carbons (Fsp3) is 0.667. The molecule has 0 aromatic carbocycles. The van der Waals surface area contributed by atoms with Crippen LogP contribution in [0.3, 0.4) is 0 Å². The van der Waals surface area contributed by atoms with Gasteiger partial charge in [-0.15, -0.1) is 0 Å². The van der Waals surface area contributed by atoms with E-state index in [1.165, 1.54) is 4.90 Å². The summed E-state index contributed by atoms with van der Waals surface area (Å²) < 4.78 is 5.40. The summed E-state index contributed by atoms with van der Waals surface area (Å²) >= 11 is 0. The van der Waals surface area contributed by atoms with E-state index in [1.807, 2.05) is 20.8 Å². The zero-order valence-electron chi connectivity index (χ0n) is 25.2. The predicted octanol–water partition coefficient (Wildman–Crippen LogP) is 1.76. The summed E-state index contributed by atoms with van der Waals surface area (Å²) in [4.78, 5) is 71.5. The Balaban J connectivity index is 1.77. The lowest BCUT2D eigenvalue weighted by molar-refractivity contribution is -0.142. The molecule has 226 valence electrons. The first-order chi connectivity index (χ1) is 19.4. The molecule has 0 saturated carbocycles. The molecular formula is C30H45N5O6. The Hall–Kier alpha value is -3.34. The molecule has 0 radical (unpaired) electrons. The standard InChI is InChI=1S/C30H45N5O6/c1-17(2)13-24(35(6)29(39)22-10-8-11-31-22)28(38)34-23(15-21-9-7-12-32-27(21)37)25(36)16-41-30(40)26-18(3)14-19(4)33-20(26)5/h14,17,21-24,31H,7-13,15-16H2,1-6H3,(H,32,37)(H,34,38)/t21-,22+,23-,24?/m0/s1. The summed E-state index contributed by atoms with van der Waals surface area (Å²) in [5, 5.41) is 8.82. The van der Waals surface area contributed by atoms with E-state index in [2.05, 4.69) is 20.9 Å². The molecule has 11 heteroatoms. The van der Waals surface area contributed by atoms with Crippen LogP contribution in [0.4, 0.5) is 0 Å². The van der Waals surface area contributed by atoms with Gasteiger partial charge >= 0.3 is 5.97 Å². The smallest absolute Gasteiger partial charge is 0.340 e. The van der Waals surface area contributed by atoms with Gasteiger partial charge in [-0.25, -0.2) is 4.79 Å². The van der Waals surface area contributed by atoms with Gasteiger partial charge in [0.2, 0.25) is 17.7 Å². The third-order valence-corrected chi connectivity index (χ3v) is 7.87. The molecule has 2 aliphatic rings. The zero-order chi connectivity index (χ0) is 30.3. The summed E-state index contributed by atoms with van der Waals surface area (Å²) in [5.41, 5.74) is 2.26. The number of likely N-dealkylation sites (N-methyl/N-ethyl adjacent to an activating group) is 1. The van der Waals surface area contributed by atoms with Crippen LogP contribution in [-0.4, -0.2) is 84.2 Å². The van der Waals surface area contributed by atoms with Crippen molar-refractivity contribution in [2.75, 3.05) is 26.7 Å². The van der Waals surface area contributed by atoms with E-state index in [0.717, 1.165) is 25.1 Å². The van der Waals surface area contributed by atoms with Gasteiger partial charge in [0.1, 0.15) is 6.04 Å². The Kier molecular flexibility index (Phi) is 11.4. The van der Waals surface area contributed by atoms with Gasteiger partial charge in [0.05, 0.1) is 23.3 Å². The second kappa shape index (κ2) is 14.5. The van der Waals surface area contributed by atoms with E-state index in [9.17, 15) is 24.0 Å². The molecule has 0 bridgehead atoms. The van der Waals surface area contributed by atoms with Crippen molar-refractivity contribution >= 4 is 29.5 Å². The molecule has 4 atom stereocenters. The van der Waals surface area contributed by atoms with Crippen LogP contribution < -0.4 is 16.0 Å². The molecule has 11 nitrogen and oxygen atoms in total. The number of amides is 3. The quantitative estimate of drug-likeness (QED) is 0.322. The number of hydrogen-bond donors (Lipinski definition) is 3. The number of rotatable bonds is 12. The lowest BCUT2D eigenvalue weighted by Gasteiger charge is -2.32. The van der Waals surface area contributed by atoms with E-state index in [1.54, 1.807) is 27.0 Å². The Morgan fingerprint density at radius 2 is 1.83 bits per heavy atom. The number of carbonyl (C=O) groups excluding carboxylic acids is 5. The first-order valence-electron chi connectivity index (χ1n) is 14.6. The summed E-state index contributed by atoms with van der Waals surface area (Å²) in [6, 6.07) is -0.435. The summed E-state index contributed by atoms with van der Waals surface area (Å²) in [6.45, 7) is 9.99. The lowest BCUT2D eigenvalue weighted by Crippen LogP contribution is -2.56. The fourth-order valence-electron chi connectivity index (χ4n) is 5.71. The molecule has 1 aromatic heterocycles. The van der Waals surface area contributed by atoms with E-state index in [0.29, 0.717) is 42.6 Å². The number of aryl methyl sites for hydroxylation is 3. The highest BCUT2D eigenvalue weighted by molar-refractivity contribution is 5.97. The van der Waals surface area contributed by atoms with Crippen LogP contribution in [0, 0.1) is 32.6 Å². The Bertz CT molecular complexity index is 1120. The fourth-order valence-corrected chi connectivity index (χ4v) is 5.71. The van der Waals surface area contributed by atoms with Gasteiger partial charge in [-0.2, -0.15) is 0 Å². The second-order valence-electron chi connectivity index (χ2n) is 11.8. The molecule has 1 unspecified atom stereocenters. The Morgan fingerprint density at radius 1 is 1.12 bits per heavy atom.